The zero-order chi connectivity index (χ0) is 15.4. The second kappa shape index (κ2) is 7.53. The van der Waals surface area contributed by atoms with Crippen molar-refractivity contribution in [3.63, 3.8) is 0 Å². The lowest BCUT2D eigenvalue weighted by atomic mass is 9.70. The van der Waals surface area contributed by atoms with Crippen molar-refractivity contribution in [3.8, 4) is 0 Å². The topological polar surface area (TPSA) is 82.1 Å². The van der Waals surface area contributed by atoms with Gasteiger partial charge in [-0.05, 0) is 25.7 Å². The molecule has 1 saturated heterocycles. The van der Waals surface area contributed by atoms with Crippen LogP contribution in [0.4, 0.5) is 0 Å². The molecule has 0 radical (unpaired) electrons. The SMILES string of the molecule is CCC1(CC)O[PH](=O)O[PH](=O)OC(CC)(CC)C1CO. The third-order valence-electron chi connectivity index (χ3n) is 4.59. The van der Waals surface area contributed by atoms with E-state index in [1.165, 1.54) is 0 Å². The molecule has 1 aliphatic heterocycles. The second-order valence-electron chi connectivity index (χ2n) is 5.09. The van der Waals surface area contributed by atoms with Crippen LogP contribution in [-0.2, 0) is 22.5 Å². The monoisotopic (exact) mass is 328 g/mol. The van der Waals surface area contributed by atoms with Crippen LogP contribution in [0.5, 0.6) is 0 Å². The Labute approximate surface area is 122 Å². The summed E-state index contributed by atoms with van der Waals surface area (Å²) < 4.78 is 39.8. The van der Waals surface area contributed by atoms with E-state index in [1.807, 2.05) is 27.7 Å². The van der Waals surface area contributed by atoms with E-state index in [0.717, 1.165) is 0 Å². The maximum absolute atomic E-state index is 11.8. The molecule has 120 valence electrons. The zero-order valence-corrected chi connectivity index (χ0v) is 14.6. The quantitative estimate of drug-likeness (QED) is 0.777. The number of aliphatic hydroxyl groups excluding tert-OH is 1. The third kappa shape index (κ3) is 3.37. The van der Waals surface area contributed by atoms with Crippen LogP contribution in [0.25, 0.3) is 0 Å². The van der Waals surface area contributed by atoms with E-state index >= 15 is 0 Å². The molecule has 0 saturated carbocycles. The van der Waals surface area contributed by atoms with Gasteiger partial charge in [0, 0.05) is 5.92 Å². The molecule has 8 heteroatoms. The lowest BCUT2D eigenvalue weighted by Crippen LogP contribution is -2.54. The minimum atomic E-state index is -2.89. The summed E-state index contributed by atoms with van der Waals surface area (Å²) in [6, 6.07) is 0. The lowest BCUT2D eigenvalue weighted by molar-refractivity contribution is -0.131. The predicted molar refractivity (Wildman–Crippen MR) is 78.5 cm³/mol. The molecule has 0 aromatic carbocycles. The summed E-state index contributed by atoms with van der Waals surface area (Å²) in [6.07, 6.45) is 2.28. The molecule has 0 aliphatic carbocycles. The van der Waals surface area contributed by atoms with Gasteiger partial charge >= 0.3 is 16.5 Å². The molecule has 1 heterocycles. The minimum absolute atomic E-state index is 0.173. The van der Waals surface area contributed by atoms with E-state index in [1.54, 1.807) is 0 Å². The Hall–Kier alpha value is 0.300. The molecule has 0 aromatic heterocycles. The Kier molecular flexibility index (Phi) is 6.91. The standard InChI is InChI=1S/C12H26O6P2/c1-5-11(6-2)10(9-13)12(7-3,8-4)17-20(15)18-19(14)16-11/h10,13,19-20H,5-9H2,1-4H3. The van der Waals surface area contributed by atoms with Crippen LogP contribution >= 0.6 is 16.5 Å². The Balaban J connectivity index is 3.35. The Morgan fingerprint density at radius 3 is 1.50 bits per heavy atom. The molecule has 6 nitrogen and oxygen atoms in total. The van der Waals surface area contributed by atoms with Gasteiger partial charge in [-0.2, -0.15) is 0 Å². The van der Waals surface area contributed by atoms with Crippen molar-refractivity contribution in [2.45, 2.75) is 64.6 Å². The fourth-order valence-corrected chi connectivity index (χ4v) is 5.57. The first kappa shape index (κ1) is 18.3. The molecular weight excluding hydrogens is 302 g/mol. The zero-order valence-electron chi connectivity index (χ0n) is 12.6. The minimum Gasteiger partial charge on any atom is -0.396 e. The molecule has 2 atom stereocenters. The van der Waals surface area contributed by atoms with Crippen molar-refractivity contribution in [2.75, 3.05) is 6.61 Å². The van der Waals surface area contributed by atoms with Gasteiger partial charge in [0.25, 0.3) is 0 Å². The van der Waals surface area contributed by atoms with E-state index < -0.39 is 33.6 Å². The Morgan fingerprint density at radius 2 is 1.25 bits per heavy atom. The molecule has 20 heavy (non-hydrogen) atoms. The highest BCUT2D eigenvalue weighted by Crippen LogP contribution is 2.56. The van der Waals surface area contributed by atoms with E-state index in [2.05, 4.69) is 0 Å². The van der Waals surface area contributed by atoms with Gasteiger partial charge in [0.2, 0.25) is 0 Å². The van der Waals surface area contributed by atoms with Gasteiger partial charge in [-0.3, -0.25) is 9.13 Å². The largest absolute Gasteiger partial charge is 0.396 e. The average Bonchev–Trinajstić information content (AvgIpc) is 2.43. The summed E-state index contributed by atoms with van der Waals surface area (Å²) in [7, 11) is -5.78. The molecule has 0 spiro atoms. The Morgan fingerprint density at radius 1 is 0.900 bits per heavy atom. The van der Waals surface area contributed by atoms with E-state index in [9.17, 15) is 14.2 Å². The van der Waals surface area contributed by atoms with E-state index in [4.69, 9.17) is 13.4 Å². The second-order valence-corrected chi connectivity index (χ2v) is 7.31. The van der Waals surface area contributed by atoms with Crippen molar-refractivity contribution < 1.29 is 27.6 Å². The summed E-state index contributed by atoms with van der Waals surface area (Å²) in [4.78, 5) is 0. The van der Waals surface area contributed by atoms with E-state index in [0.29, 0.717) is 25.7 Å². The van der Waals surface area contributed by atoms with Crippen LogP contribution in [0.2, 0.25) is 0 Å². The van der Waals surface area contributed by atoms with Crippen LogP contribution in [0, 0.1) is 5.92 Å². The van der Waals surface area contributed by atoms with Crippen LogP contribution < -0.4 is 0 Å². The average molecular weight is 328 g/mol. The van der Waals surface area contributed by atoms with Gasteiger partial charge in [0.15, 0.2) is 0 Å². The van der Waals surface area contributed by atoms with Gasteiger partial charge in [-0.1, -0.05) is 27.7 Å². The predicted octanol–water partition coefficient (Wildman–Crippen LogP) is 3.56. The van der Waals surface area contributed by atoms with Crippen LogP contribution in [0.15, 0.2) is 0 Å². The lowest BCUT2D eigenvalue weighted by Gasteiger charge is -2.49. The van der Waals surface area contributed by atoms with Crippen LogP contribution in [-0.4, -0.2) is 22.9 Å². The summed E-state index contributed by atoms with van der Waals surface area (Å²) in [5.74, 6) is -0.396. The van der Waals surface area contributed by atoms with E-state index in [-0.39, 0.29) is 6.61 Å². The van der Waals surface area contributed by atoms with Crippen molar-refractivity contribution >= 4 is 16.5 Å². The molecule has 0 amide bonds. The van der Waals surface area contributed by atoms with Crippen molar-refractivity contribution in [3.05, 3.63) is 0 Å². The number of rotatable bonds is 5. The number of hydrogen-bond donors (Lipinski definition) is 1. The molecule has 1 rings (SSSR count). The molecule has 0 aromatic rings. The summed E-state index contributed by atoms with van der Waals surface area (Å²) in [5, 5.41) is 9.89. The van der Waals surface area contributed by atoms with Gasteiger partial charge in [-0.15, -0.1) is 0 Å². The van der Waals surface area contributed by atoms with Crippen molar-refractivity contribution in [2.24, 2.45) is 5.92 Å². The normalized spacial score (nSPS) is 33.4. The number of hydrogen-bond acceptors (Lipinski definition) is 6. The van der Waals surface area contributed by atoms with Crippen LogP contribution in [0.3, 0.4) is 0 Å². The van der Waals surface area contributed by atoms with Gasteiger partial charge in [-0.25, -0.2) is 4.31 Å². The molecule has 2 unspecified atom stereocenters. The first-order valence-electron chi connectivity index (χ1n) is 7.18. The smallest absolute Gasteiger partial charge is 0.326 e. The van der Waals surface area contributed by atoms with Gasteiger partial charge in [0.05, 0.1) is 17.8 Å². The van der Waals surface area contributed by atoms with Gasteiger partial charge in [0.1, 0.15) is 0 Å². The molecule has 1 aliphatic rings. The molecular formula is C12H26O6P2. The molecule has 0 bridgehead atoms. The van der Waals surface area contributed by atoms with Crippen molar-refractivity contribution in [1.29, 1.82) is 0 Å². The molecule has 1 fully saturated rings. The maximum atomic E-state index is 11.8. The maximum Gasteiger partial charge on any atom is 0.326 e. The highest BCUT2D eigenvalue weighted by Gasteiger charge is 2.52. The highest BCUT2D eigenvalue weighted by molar-refractivity contribution is 7.47. The summed E-state index contributed by atoms with van der Waals surface area (Å²) >= 11 is 0. The fraction of sp³-hybridized carbons (Fsp3) is 1.00. The number of aliphatic hydroxyl groups is 1. The molecule has 1 N–H and O–H groups in total. The first-order valence-corrected chi connectivity index (χ1v) is 9.63. The highest BCUT2D eigenvalue weighted by atomic mass is 31.2. The summed E-state index contributed by atoms with van der Waals surface area (Å²) in [6.45, 7) is 7.50. The Bertz CT molecular complexity index is 333. The fourth-order valence-electron chi connectivity index (χ4n) is 3.17. The van der Waals surface area contributed by atoms with Crippen LogP contribution in [0.1, 0.15) is 53.4 Å². The van der Waals surface area contributed by atoms with Gasteiger partial charge < -0.3 is 14.2 Å². The first-order chi connectivity index (χ1) is 9.43. The van der Waals surface area contributed by atoms with Crippen molar-refractivity contribution in [1.82, 2.24) is 0 Å². The third-order valence-corrected chi connectivity index (χ3v) is 7.07. The summed E-state index contributed by atoms with van der Waals surface area (Å²) in [5.41, 5.74) is -1.58.